The number of halogens is 2. The minimum atomic E-state index is -0.228. The van der Waals surface area contributed by atoms with E-state index < -0.39 is 0 Å². The molecule has 0 saturated heterocycles. The van der Waals surface area contributed by atoms with Gasteiger partial charge in [-0.2, -0.15) is 0 Å². The molecule has 0 radical (unpaired) electrons. The summed E-state index contributed by atoms with van der Waals surface area (Å²) in [5.41, 5.74) is 1.18. The van der Waals surface area contributed by atoms with Gasteiger partial charge in [-0.15, -0.1) is 24.0 Å². The lowest BCUT2D eigenvalue weighted by atomic mass is 10.2. The summed E-state index contributed by atoms with van der Waals surface area (Å²) in [6.07, 6.45) is 0. The number of hydrogen-bond donors (Lipinski definition) is 1. The zero-order valence-corrected chi connectivity index (χ0v) is 17.2. The molecule has 1 atom stereocenters. The number of carbonyl (C=O) groups is 1. The van der Waals surface area contributed by atoms with Crippen molar-refractivity contribution in [3.05, 3.63) is 34.3 Å². The van der Waals surface area contributed by atoms with E-state index in [1.807, 2.05) is 31.0 Å². The van der Waals surface area contributed by atoms with Crippen LogP contribution < -0.4 is 5.32 Å². The first-order valence-corrected chi connectivity index (χ1v) is 7.51. The second-order valence-corrected chi connectivity index (χ2v) is 5.75. The number of hydrogen-bond acceptors (Lipinski definition) is 3. The monoisotopic (exact) mass is 483 g/mol. The Hall–Kier alpha value is -0.830. The lowest BCUT2D eigenvalue weighted by molar-refractivity contribution is -0.144. The average Bonchev–Trinajstić information content (AvgIpc) is 2.49. The standard InChI is InChI=1S/C15H22BrN3O2.HI/c1-11(14(20)21-4)9-18-15(17-2)19(3)10-12-5-7-13(16)8-6-12;/h5-8,11H,9-10H2,1-4H3,(H,17,18);1H. The van der Waals surface area contributed by atoms with E-state index in [1.165, 1.54) is 12.7 Å². The van der Waals surface area contributed by atoms with Crippen molar-refractivity contribution in [2.24, 2.45) is 10.9 Å². The summed E-state index contributed by atoms with van der Waals surface area (Å²) in [6, 6.07) is 8.15. The van der Waals surface area contributed by atoms with Gasteiger partial charge in [-0.3, -0.25) is 9.79 Å². The summed E-state index contributed by atoms with van der Waals surface area (Å²) in [6.45, 7) is 3.05. The minimum Gasteiger partial charge on any atom is -0.469 e. The Morgan fingerprint density at radius 2 is 2.00 bits per heavy atom. The number of aliphatic imine (C=N–C) groups is 1. The highest BCUT2D eigenvalue weighted by Gasteiger charge is 2.14. The minimum absolute atomic E-state index is 0. The Morgan fingerprint density at radius 1 is 1.41 bits per heavy atom. The zero-order valence-electron chi connectivity index (χ0n) is 13.3. The van der Waals surface area contributed by atoms with Gasteiger partial charge in [0, 0.05) is 31.7 Å². The molecule has 0 saturated carbocycles. The van der Waals surface area contributed by atoms with Gasteiger partial charge in [0.15, 0.2) is 5.96 Å². The summed E-state index contributed by atoms with van der Waals surface area (Å²) in [4.78, 5) is 17.6. The number of ether oxygens (including phenoxy) is 1. The largest absolute Gasteiger partial charge is 0.469 e. The molecule has 7 heteroatoms. The number of methoxy groups -OCH3 is 1. The van der Waals surface area contributed by atoms with Gasteiger partial charge >= 0.3 is 5.97 Å². The van der Waals surface area contributed by atoms with Gasteiger partial charge < -0.3 is 15.0 Å². The predicted octanol–water partition coefficient (Wildman–Crippen LogP) is 2.88. The summed E-state index contributed by atoms with van der Waals surface area (Å²) in [5, 5.41) is 3.18. The Kier molecular flexibility index (Phi) is 10.4. The van der Waals surface area contributed by atoms with Crippen molar-refractivity contribution >= 4 is 51.8 Å². The Balaban J connectivity index is 0.00000441. The molecule has 0 amide bonds. The maximum absolute atomic E-state index is 11.4. The molecular formula is C15H23BrIN3O2. The first-order chi connectivity index (χ1) is 9.97. The van der Waals surface area contributed by atoms with Crippen LogP contribution in [0.25, 0.3) is 0 Å². The third-order valence-electron chi connectivity index (χ3n) is 3.08. The fourth-order valence-electron chi connectivity index (χ4n) is 1.85. The first kappa shape index (κ1) is 21.2. The number of carbonyl (C=O) groups excluding carboxylic acids is 1. The summed E-state index contributed by atoms with van der Waals surface area (Å²) < 4.78 is 5.77. The molecule has 1 N–H and O–H groups in total. The molecule has 1 unspecified atom stereocenters. The van der Waals surface area contributed by atoms with Crippen LogP contribution in [0.1, 0.15) is 12.5 Å². The van der Waals surface area contributed by atoms with Gasteiger partial charge in [0.05, 0.1) is 13.0 Å². The number of benzene rings is 1. The normalized spacial score (nSPS) is 12.1. The molecule has 0 spiro atoms. The molecule has 0 aliphatic heterocycles. The van der Waals surface area contributed by atoms with Crippen LogP contribution in [0.15, 0.2) is 33.7 Å². The van der Waals surface area contributed by atoms with Gasteiger partial charge in [0.2, 0.25) is 0 Å². The van der Waals surface area contributed by atoms with E-state index in [-0.39, 0.29) is 35.9 Å². The van der Waals surface area contributed by atoms with Crippen LogP contribution >= 0.6 is 39.9 Å². The lowest BCUT2D eigenvalue weighted by Gasteiger charge is -2.23. The van der Waals surface area contributed by atoms with Gasteiger partial charge in [0.25, 0.3) is 0 Å². The highest BCUT2D eigenvalue weighted by atomic mass is 127. The fourth-order valence-corrected chi connectivity index (χ4v) is 2.12. The first-order valence-electron chi connectivity index (χ1n) is 6.72. The van der Waals surface area contributed by atoms with E-state index in [1.54, 1.807) is 7.05 Å². The van der Waals surface area contributed by atoms with E-state index in [0.717, 1.165) is 17.0 Å². The van der Waals surface area contributed by atoms with Crippen molar-refractivity contribution in [2.45, 2.75) is 13.5 Å². The molecule has 0 aromatic heterocycles. The molecule has 22 heavy (non-hydrogen) atoms. The van der Waals surface area contributed by atoms with Crippen LogP contribution in [-0.2, 0) is 16.1 Å². The maximum atomic E-state index is 11.4. The van der Waals surface area contributed by atoms with Gasteiger partial charge in [0.1, 0.15) is 0 Å². The highest BCUT2D eigenvalue weighted by molar-refractivity contribution is 14.0. The van der Waals surface area contributed by atoms with Crippen molar-refractivity contribution in [3.8, 4) is 0 Å². The van der Waals surface area contributed by atoms with Crippen molar-refractivity contribution in [1.82, 2.24) is 10.2 Å². The quantitative estimate of drug-likeness (QED) is 0.303. The van der Waals surface area contributed by atoms with Gasteiger partial charge in [-0.25, -0.2) is 0 Å². The van der Waals surface area contributed by atoms with Crippen molar-refractivity contribution in [3.63, 3.8) is 0 Å². The molecule has 1 aromatic carbocycles. The molecule has 0 fully saturated rings. The van der Waals surface area contributed by atoms with E-state index in [9.17, 15) is 4.79 Å². The van der Waals surface area contributed by atoms with Gasteiger partial charge in [-0.1, -0.05) is 35.0 Å². The summed E-state index contributed by atoms with van der Waals surface area (Å²) in [5.74, 6) is 0.301. The number of nitrogens with zero attached hydrogens (tertiary/aromatic N) is 2. The van der Waals surface area contributed by atoms with Crippen LogP contribution in [0.5, 0.6) is 0 Å². The molecule has 0 bridgehead atoms. The van der Waals surface area contributed by atoms with E-state index in [4.69, 9.17) is 4.74 Å². The molecule has 0 heterocycles. The molecule has 1 aromatic rings. The fraction of sp³-hybridized carbons (Fsp3) is 0.467. The van der Waals surface area contributed by atoms with Crippen molar-refractivity contribution in [1.29, 1.82) is 0 Å². The van der Waals surface area contributed by atoms with E-state index >= 15 is 0 Å². The van der Waals surface area contributed by atoms with E-state index in [2.05, 4.69) is 38.4 Å². The third-order valence-corrected chi connectivity index (χ3v) is 3.60. The molecule has 124 valence electrons. The van der Waals surface area contributed by atoms with Crippen LogP contribution in [0.2, 0.25) is 0 Å². The second-order valence-electron chi connectivity index (χ2n) is 4.83. The predicted molar refractivity (Wildman–Crippen MR) is 104 cm³/mol. The smallest absolute Gasteiger partial charge is 0.310 e. The second kappa shape index (κ2) is 10.8. The Morgan fingerprint density at radius 3 is 2.50 bits per heavy atom. The van der Waals surface area contributed by atoms with Crippen LogP contribution in [0, 0.1) is 5.92 Å². The van der Waals surface area contributed by atoms with E-state index in [0.29, 0.717) is 6.54 Å². The summed E-state index contributed by atoms with van der Waals surface area (Å²) >= 11 is 3.42. The van der Waals surface area contributed by atoms with Crippen LogP contribution in [-0.4, -0.2) is 44.6 Å². The SMILES string of the molecule is CN=C(NCC(C)C(=O)OC)N(C)Cc1ccc(Br)cc1.I. The number of nitrogens with one attached hydrogen (secondary N) is 1. The molecule has 0 aliphatic rings. The zero-order chi connectivity index (χ0) is 15.8. The highest BCUT2D eigenvalue weighted by Crippen LogP contribution is 2.11. The molecule has 0 aliphatic carbocycles. The Labute approximate surface area is 157 Å². The topological polar surface area (TPSA) is 53.9 Å². The number of rotatable bonds is 5. The molecule has 1 rings (SSSR count). The summed E-state index contributed by atoms with van der Waals surface area (Å²) in [7, 11) is 5.08. The van der Waals surface area contributed by atoms with Crippen LogP contribution in [0.4, 0.5) is 0 Å². The number of guanidine groups is 1. The lowest BCUT2D eigenvalue weighted by Crippen LogP contribution is -2.41. The van der Waals surface area contributed by atoms with Crippen molar-refractivity contribution < 1.29 is 9.53 Å². The third kappa shape index (κ3) is 6.95. The van der Waals surface area contributed by atoms with Crippen LogP contribution in [0.3, 0.4) is 0 Å². The van der Waals surface area contributed by atoms with Gasteiger partial charge in [-0.05, 0) is 17.7 Å². The van der Waals surface area contributed by atoms with Crippen molar-refractivity contribution in [2.75, 3.05) is 27.7 Å². The molecular weight excluding hydrogens is 461 g/mol. The maximum Gasteiger partial charge on any atom is 0.310 e. The Bertz CT molecular complexity index is 494. The number of esters is 1. The molecule has 5 nitrogen and oxygen atoms in total. The average molecular weight is 484 g/mol.